The van der Waals surface area contributed by atoms with Crippen molar-refractivity contribution in [3.63, 3.8) is 0 Å². The van der Waals surface area contributed by atoms with Gasteiger partial charge in [0.15, 0.2) is 0 Å². The van der Waals surface area contributed by atoms with Crippen LogP contribution in [0.3, 0.4) is 0 Å². The number of halogens is 1. The van der Waals surface area contributed by atoms with Gasteiger partial charge in [-0.05, 0) is 74.4 Å². The molecule has 194 valence electrons. The number of thiophene rings is 1. The average molecular weight is 536 g/mol. The van der Waals surface area contributed by atoms with Crippen molar-refractivity contribution in [2.24, 2.45) is 5.92 Å². The molecule has 2 unspecified atom stereocenters. The normalized spacial score (nSPS) is 15.7. The van der Waals surface area contributed by atoms with Crippen LogP contribution in [0, 0.1) is 17.2 Å². The van der Waals surface area contributed by atoms with Crippen molar-refractivity contribution in [1.82, 2.24) is 10.2 Å². The molecule has 0 fully saturated rings. The van der Waals surface area contributed by atoms with Crippen LogP contribution < -0.4 is 5.32 Å². The maximum absolute atomic E-state index is 12.5. The lowest BCUT2D eigenvalue weighted by atomic mass is 9.90. The molecule has 7 heteroatoms. The van der Waals surface area contributed by atoms with Crippen LogP contribution in [0.15, 0.2) is 48.5 Å². The number of hydrogen-bond acceptors (Lipinski definition) is 5. The molecule has 2 N–H and O–H groups in total. The van der Waals surface area contributed by atoms with Crippen molar-refractivity contribution < 1.29 is 9.90 Å². The first kappa shape index (κ1) is 27.2. The summed E-state index contributed by atoms with van der Waals surface area (Å²) < 4.78 is 0. The molecule has 1 aliphatic carbocycles. The van der Waals surface area contributed by atoms with E-state index in [4.69, 9.17) is 11.6 Å². The van der Waals surface area contributed by atoms with Crippen LogP contribution in [0.5, 0.6) is 5.75 Å². The molecule has 0 radical (unpaired) electrons. The molecule has 1 amide bonds. The Bertz CT molecular complexity index is 1280. The largest absolute Gasteiger partial charge is 0.507 e. The Balaban J connectivity index is 1.36. The minimum absolute atomic E-state index is 0.00769. The lowest BCUT2D eigenvalue weighted by Gasteiger charge is -2.31. The van der Waals surface area contributed by atoms with Gasteiger partial charge in [0.25, 0.3) is 5.91 Å². The number of para-hydroxylation sites is 1. The molecule has 2 aromatic carbocycles. The molecule has 2 atom stereocenters. The van der Waals surface area contributed by atoms with Gasteiger partial charge in [0.1, 0.15) is 11.8 Å². The number of aryl methyl sites for hydroxylation is 1. The second kappa shape index (κ2) is 12.6. The highest BCUT2D eigenvalue weighted by atomic mass is 35.5. The second-order valence-electron chi connectivity index (χ2n) is 9.86. The molecule has 0 aliphatic heterocycles. The number of benzene rings is 2. The van der Waals surface area contributed by atoms with E-state index in [0.29, 0.717) is 24.1 Å². The molecule has 4 rings (SSSR count). The van der Waals surface area contributed by atoms with Gasteiger partial charge in [-0.3, -0.25) is 9.69 Å². The zero-order chi connectivity index (χ0) is 26.4. The number of likely N-dealkylation sites (N-methyl/N-ethyl adjacent to an activating group) is 1. The van der Waals surface area contributed by atoms with E-state index in [1.807, 2.05) is 18.2 Å². The monoisotopic (exact) mass is 535 g/mol. The van der Waals surface area contributed by atoms with Gasteiger partial charge in [0.2, 0.25) is 0 Å². The van der Waals surface area contributed by atoms with Gasteiger partial charge in [0, 0.05) is 33.9 Å². The van der Waals surface area contributed by atoms with E-state index in [9.17, 15) is 15.2 Å². The van der Waals surface area contributed by atoms with Crippen LogP contribution in [0.1, 0.15) is 63.0 Å². The lowest BCUT2D eigenvalue weighted by Crippen LogP contribution is -2.35. The quantitative estimate of drug-likeness (QED) is 0.317. The van der Waals surface area contributed by atoms with Gasteiger partial charge >= 0.3 is 0 Å². The molecule has 1 heterocycles. The average Bonchev–Trinajstić information content (AvgIpc) is 3.26. The first-order chi connectivity index (χ1) is 17.9. The number of hydrogen-bond donors (Lipinski definition) is 2. The molecule has 0 saturated heterocycles. The van der Waals surface area contributed by atoms with Crippen LogP contribution in [0.25, 0.3) is 0 Å². The van der Waals surface area contributed by atoms with Crippen LogP contribution in [-0.2, 0) is 25.8 Å². The van der Waals surface area contributed by atoms with E-state index >= 15 is 0 Å². The third-order valence-electron chi connectivity index (χ3n) is 7.48. The van der Waals surface area contributed by atoms with E-state index in [0.717, 1.165) is 61.2 Å². The van der Waals surface area contributed by atoms with Gasteiger partial charge in [-0.1, -0.05) is 55.3 Å². The molecule has 5 nitrogen and oxygen atoms in total. The maximum atomic E-state index is 12.5. The molecule has 0 bridgehead atoms. The van der Waals surface area contributed by atoms with Crippen molar-refractivity contribution in [3.8, 4) is 11.8 Å². The van der Waals surface area contributed by atoms with Crippen molar-refractivity contribution in [2.75, 3.05) is 13.6 Å². The standard InChI is InChI=1S/C30H34ClN3O2S/c1-3-20(18-33-30(36)24-9-5-7-11-27(24)35)12-15-28-25(17-32)23-14-13-22(16-29(23)37-28)34(2)19-21-8-4-6-10-26(21)31/h4-11,20,22,35H,3,12-16,18-19H2,1-2H3,(H,33,36). The van der Waals surface area contributed by atoms with E-state index < -0.39 is 0 Å². The molecule has 3 aromatic rings. The third kappa shape index (κ3) is 6.54. The number of fused-ring (bicyclic) bond motifs is 1. The molecule has 1 aromatic heterocycles. The fourth-order valence-corrected chi connectivity index (χ4v) is 6.70. The van der Waals surface area contributed by atoms with Crippen molar-refractivity contribution in [1.29, 1.82) is 5.26 Å². The number of nitrogens with one attached hydrogen (secondary N) is 1. The number of amides is 1. The maximum Gasteiger partial charge on any atom is 0.255 e. The van der Waals surface area contributed by atoms with Gasteiger partial charge in [0.05, 0.1) is 11.1 Å². The summed E-state index contributed by atoms with van der Waals surface area (Å²) in [6, 6.07) is 17.5. The SMILES string of the molecule is CCC(CCc1sc2c(c1C#N)CCC(N(C)Cc1ccccc1Cl)C2)CNC(=O)c1ccccc1O. The number of nitrogens with zero attached hydrogens (tertiary/aromatic N) is 2. The van der Waals surface area contributed by atoms with Crippen molar-refractivity contribution in [2.45, 2.75) is 58.0 Å². The molecule has 0 saturated carbocycles. The Morgan fingerprint density at radius 2 is 2.03 bits per heavy atom. The van der Waals surface area contributed by atoms with Crippen LogP contribution in [-0.4, -0.2) is 35.5 Å². The van der Waals surface area contributed by atoms with Gasteiger partial charge in [-0.15, -0.1) is 11.3 Å². The van der Waals surface area contributed by atoms with Gasteiger partial charge in [-0.2, -0.15) is 5.26 Å². The highest BCUT2D eigenvalue weighted by Crippen LogP contribution is 2.37. The number of phenols is 1. The Morgan fingerprint density at radius 1 is 1.27 bits per heavy atom. The predicted molar refractivity (Wildman–Crippen MR) is 150 cm³/mol. The van der Waals surface area contributed by atoms with Crippen LogP contribution >= 0.6 is 22.9 Å². The highest BCUT2D eigenvalue weighted by molar-refractivity contribution is 7.12. The van der Waals surface area contributed by atoms with E-state index in [2.05, 4.69) is 36.3 Å². The first-order valence-electron chi connectivity index (χ1n) is 12.9. The number of carbonyl (C=O) groups is 1. The van der Waals surface area contributed by atoms with Crippen molar-refractivity contribution in [3.05, 3.63) is 85.6 Å². The summed E-state index contributed by atoms with van der Waals surface area (Å²) in [6.45, 7) is 3.49. The summed E-state index contributed by atoms with van der Waals surface area (Å²) in [6.07, 6.45) is 5.61. The molecular formula is C30H34ClN3O2S. The summed E-state index contributed by atoms with van der Waals surface area (Å²) >= 11 is 8.18. The van der Waals surface area contributed by atoms with E-state index in [1.165, 1.54) is 21.4 Å². The van der Waals surface area contributed by atoms with E-state index in [-0.39, 0.29) is 11.7 Å². The Kier molecular flexibility index (Phi) is 9.26. The topological polar surface area (TPSA) is 76.4 Å². The number of carbonyl (C=O) groups excluding carboxylic acids is 1. The number of rotatable bonds is 10. The summed E-state index contributed by atoms with van der Waals surface area (Å²) in [5, 5.41) is 23.7. The Hall–Kier alpha value is -2.85. The number of nitriles is 1. The lowest BCUT2D eigenvalue weighted by molar-refractivity contribution is 0.0943. The summed E-state index contributed by atoms with van der Waals surface area (Å²) in [5.74, 6) is 0.0365. The summed E-state index contributed by atoms with van der Waals surface area (Å²) in [5.41, 5.74) is 3.55. The Morgan fingerprint density at radius 3 is 2.76 bits per heavy atom. The zero-order valence-electron chi connectivity index (χ0n) is 21.5. The number of phenolic OH excluding ortho intramolecular Hbond substituents is 1. The molecular weight excluding hydrogens is 502 g/mol. The van der Waals surface area contributed by atoms with E-state index in [1.54, 1.807) is 29.5 Å². The first-order valence-corrected chi connectivity index (χ1v) is 14.1. The Labute approximate surface area is 228 Å². The molecule has 1 aliphatic rings. The fourth-order valence-electron chi connectivity index (χ4n) is 5.12. The summed E-state index contributed by atoms with van der Waals surface area (Å²) in [4.78, 5) is 17.4. The predicted octanol–water partition coefficient (Wildman–Crippen LogP) is 6.36. The van der Waals surface area contributed by atoms with Gasteiger partial charge in [-0.25, -0.2) is 0 Å². The smallest absolute Gasteiger partial charge is 0.255 e. The number of aromatic hydroxyl groups is 1. The van der Waals surface area contributed by atoms with Gasteiger partial charge < -0.3 is 10.4 Å². The van der Waals surface area contributed by atoms with Crippen LogP contribution in [0.2, 0.25) is 5.02 Å². The molecule has 37 heavy (non-hydrogen) atoms. The third-order valence-corrected chi connectivity index (χ3v) is 9.16. The zero-order valence-corrected chi connectivity index (χ0v) is 23.0. The summed E-state index contributed by atoms with van der Waals surface area (Å²) in [7, 11) is 2.16. The fraction of sp³-hybridized carbons (Fsp3) is 0.400. The molecule has 0 spiro atoms. The second-order valence-corrected chi connectivity index (χ2v) is 11.5. The van der Waals surface area contributed by atoms with Crippen LogP contribution in [0.4, 0.5) is 0 Å². The minimum Gasteiger partial charge on any atom is -0.507 e. The minimum atomic E-state index is -0.257. The van der Waals surface area contributed by atoms with Crippen molar-refractivity contribution >= 4 is 28.8 Å². The highest BCUT2D eigenvalue weighted by Gasteiger charge is 2.28.